The zero-order chi connectivity index (χ0) is 23.5. The molecule has 5 aromatic carbocycles. The third-order valence-electron chi connectivity index (χ3n) is 6.80. The highest BCUT2D eigenvalue weighted by molar-refractivity contribution is 7.99. The summed E-state index contributed by atoms with van der Waals surface area (Å²) in [6, 6.07) is 51.1. The van der Waals surface area contributed by atoms with Gasteiger partial charge in [0.25, 0.3) is 0 Å². The maximum Gasteiger partial charge on any atom is 0.205 e. The fraction of sp³-hybridized carbons (Fsp3) is 0.0312. The molecule has 1 aliphatic rings. The van der Waals surface area contributed by atoms with Crippen molar-refractivity contribution in [3.05, 3.63) is 145 Å². The first-order chi connectivity index (χ1) is 17.4. The van der Waals surface area contributed by atoms with Crippen LogP contribution in [-0.4, -0.2) is 24.7 Å². The molecule has 0 spiro atoms. The third-order valence-corrected chi connectivity index (χ3v) is 13.0. The minimum Gasteiger partial charge on any atom is -0.188 e. The molecule has 0 aromatic heterocycles. The lowest BCUT2D eigenvalue weighted by atomic mass is 10.2. The van der Waals surface area contributed by atoms with Crippen molar-refractivity contribution in [1.29, 1.82) is 0 Å². The van der Waals surface area contributed by atoms with Gasteiger partial charge in [0.15, 0.2) is 20.2 Å². The van der Waals surface area contributed by atoms with Gasteiger partial charge in [-0.25, -0.2) is 0 Å². The lowest BCUT2D eigenvalue weighted by Crippen LogP contribution is -2.75. The summed E-state index contributed by atoms with van der Waals surface area (Å²) in [6.45, 7) is 0. The predicted molar refractivity (Wildman–Crippen MR) is 152 cm³/mol. The van der Waals surface area contributed by atoms with Crippen molar-refractivity contribution in [2.45, 2.75) is 4.90 Å². The van der Waals surface area contributed by atoms with E-state index >= 15 is 0 Å². The lowest BCUT2D eigenvalue weighted by molar-refractivity contribution is -0.411. The quantitative estimate of drug-likeness (QED) is 0.195. The molecule has 5 aromatic rings. The van der Waals surface area contributed by atoms with Crippen LogP contribution in [0.25, 0.3) is 0 Å². The standard InChI is InChI=1S/C32H26NSSi/c1-5-15-27(16-6-1)33-24-26-14-13-23-31(32(26)34-25-33)35(28-17-7-2-8-18-28,29-19-9-3-10-20-29)30-21-11-4-12-22-30/h1-24H,25H2/q+1. The molecule has 0 N–H and O–H groups in total. The van der Waals surface area contributed by atoms with E-state index in [-0.39, 0.29) is 0 Å². The lowest BCUT2D eigenvalue weighted by Gasteiger charge is -2.36. The van der Waals surface area contributed by atoms with Crippen LogP contribution in [-0.2, 0) is 0 Å². The molecule has 0 atom stereocenters. The van der Waals surface area contributed by atoms with E-state index in [1.54, 1.807) is 0 Å². The summed E-state index contributed by atoms with van der Waals surface area (Å²) in [5.41, 5.74) is 2.52. The Morgan fingerprint density at radius 1 is 0.514 bits per heavy atom. The molecule has 35 heavy (non-hydrogen) atoms. The minimum atomic E-state index is -2.54. The van der Waals surface area contributed by atoms with Crippen molar-refractivity contribution < 1.29 is 4.58 Å². The van der Waals surface area contributed by atoms with E-state index in [0.29, 0.717) is 0 Å². The number of hydrogen-bond donors (Lipinski definition) is 0. The fourth-order valence-corrected chi connectivity index (χ4v) is 11.8. The molecule has 6 rings (SSSR count). The molecular weight excluding hydrogens is 459 g/mol. The van der Waals surface area contributed by atoms with E-state index in [4.69, 9.17) is 0 Å². The molecule has 1 heterocycles. The molecule has 1 nitrogen and oxygen atoms in total. The average molecular weight is 485 g/mol. The monoisotopic (exact) mass is 484 g/mol. The van der Waals surface area contributed by atoms with Crippen LogP contribution in [0.2, 0.25) is 0 Å². The predicted octanol–water partition coefficient (Wildman–Crippen LogP) is 4.89. The van der Waals surface area contributed by atoms with Crippen LogP contribution in [0.15, 0.2) is 144 Å². The van der Waals surface area contributed by atoms with E-state index in [9.17, 15) is 0 Å². The van der Waals surface area contributed by atoms with Crippen LogP contribution in [0.1, 0.15) is 5.56 Å². The van der Waals surface area contributed by atoms with Gasteiger partial charge < -0.3 is 0 Å². The summed E-state index contributed by atoms with van der Waals surface area (Å²) in [6.07, 6.45) is 2.32. The summed E-state index contributed by atoms with van der Waals surface area (Å²) >= 11 is 1.96. The maximum atomic E-state index is 2.39. The van der Waals surface area contributed by atoms with Crippen LogP contribution in [0.3, 0.4) is 0 Å². The number of fused-ring (bicyclic) bond motifs is 1. The van der Waals surface area contributed by atoms with Gasteiger partial charge in [-0.1, -0.05) is 133 Å². The molecule has 3 heteroatoms. The second-order valence-corrected chi connectivity index (χ2v) is 13.5. The molecular formula is C32H26NSSi+. The highest BCUT2D eigenvalue weighted by atomic mass is 32.2. The first-order valence-corrected chi connectivity index (χ1v) is 15.0. The fourth-order valence-electron chi connectivity index (χ4n) is 5.25. The van der Waals surface area contributed by atoms with Gasteiger partial charge in [0.1, 0.15) is 0 Å². The van der Waals surface area contributed by atoms with Crippen molar-refractivity contribution in [1.82, 2.24) is 0 Å². The molecule has 0 unspecified atom stereocenters. The van der Waals surface area contributed by atoms with Crippen molar-refractivity contribution in [2.75, 3.05) is 5.88 Å². The zero-order valence-corrected chi connectivity index (χ0v) is 21.2. The molecule has 0 amide bonds. The van der Waals surface area contributed by atoms with Crippen molar-refractivity contribution in [2.24, 2.45) is 0 Å². The molecule has 0 radical (unpaired) electrons. The molecule has 1 aliphatic heterocycles. The second kappa shape index (κ2) is 9.53. The van der Waals surface area contributed by atoms with Gasteiger partial charge in [-0.3, -0.25) is 0 Å². The highest BCUT2D eigenvalue weighted by Gasteiger charge is 2.44. The second-order valence-electron chi connectivity index (χ2n) is 8.78. The average Bonchev–Trinajstić information content (AvgIpc) is 2.95. The van der Waals surface area contributed by atoms with Crippen LogP contribution in [0.5, 0.6) is 0 Å². The Balaban J connectivity index is 1.66. The smallest absolute Gasteiger partial charge is 0.188 e. The van der Waals surface area contributed by atoms with Gasteiger partial charge >= 0.3 is 0 Å². The summed E-state index contributed by atoms with van der Waals surface area (Å²) in [5.74, 6) is 0.900. The summed E-state index contributed by atoms with van der Waals surface area (Å²) in [5, 5.41) is 5.71. The Hall–Kier alpha value is -3.66. The molecule has 0 fully saturated rings. The summed E-state index contributed by atoms with van der Waals surface area (Å²) in [4.78, 5) is 1.41. The molecule has 0 bridgehead atoms. The van der Waals surface area contributed by atoms with Crippen LogP contribution in [0.4, 0.5) is 5.69 Å². The zero-order valence-electron chi connectivity index (χ0n) is 19.4. The number of hydrogen-bond acceptors (Lipinski definition) is 1. The Morgan fingerprint density at radius 3 is 1.51 bits per heavy atom. The first-order valence-electron chi connectivity index (χ1n) is 12.0. The number of nitrogens with zero attached hydrogens (tertiary/aromatic N) is 1. The van der Waals surface area contributed by atoms with E-state index in [1.165, 1.54) is 36.9 Å². The van der Waals surface area contributed by atoms with Gasteiger partial charge in [-0.15, -0.1) is 0 Å². The normalized spacial score (nSPS) is 13.1. The van der Waals surface area contributed by atoms with Crippen LogP contribution in [0, 0.1) is 0 Å². The van der Waals surface area contributed by atoms with Crippen molar-refractivity contribution in [3.8, 4) is 0 Å². The van der Waals surface area contributed by atoms with Crippen LogP contribution < -0.4 is 20.7 Å². The Morgan fingerprint density at radius 2 is 1.00 bits per heavy atom. The van der Waals surface area contributed by atoms with Crippen LogP contribution >= 0.6 is 11.8 Å². The van der Waals surface area contributed by atoms with Gasteiger partial charge in [0.05, 0.1) is 5.56 Å². The molecule has 168 valence electrons. The van der Waals surface area contributed by atoms with E-state index in [2.05, 4.69) is 150 Å². The molecule has 0 saturated carbocycles. The molecule has 0 aliphatic carbocycles. The topological polar surface area (TPSA) is 3.01 Å². The number of rotatable bonds is 5. The number of thioether (sulfide) groups is 1. The number of para-hydroxylation sites is 1. The van der Waals surface area contributed by atoms with Crippen molar-refractivity contribution >= 4 is 52.5 Å². The first kappa shape index (κ1) is 21.8. The maximum absolute atomic E-state index is 2.54. The molecule has 0 saturated heterocycles. The van der Waals surface area contributed by atoms with E-state index < -0.39 is 8.07 Å². The van der Waals surface area contributed by atoms with Gasteiger partial charge in [-0.2, -0.15) is 4.58 Å². The Bertz CT molecular complexity index is 1370. The summed E-state index contributed by atoms with van der Waals surface area (Å²) < 4.78 is 2.35. The van der Waals surface area contributed by atoms with E-state index in [1.807, 2.05) is 11.8 Å². The Kier molecular flexibility index (Phi) is 5.95. The Labute approximate surface area is 212 Å². The summed E-state index contributed by atoms with van der Waals surface area (Å²) in [7, 11) is -2.54. The minimum absolute atomic E-state index is 0.900. The van der Waals surface area contributed by atoms with Crippen molar-refractivity contribution in [3.63, 3.8) is 0 Å². The van der Waals surface area contributed by atoms with E-state index in [0.717, 1.165) is 5.88 Å². The number of benzene rings is 5. The van der Waals surface area contributed by atoms with Gasteiger partial charge in [-0.05, 0) is 26.8 Å². The van der Waals surface area contributed by atoms with Gasteiger partial charge in [0.2, 0.25) is 5.69 Å². The van der Waals surface area contributed by atoms with Gasteiger partial charge in [0, 0.05) is 17.0 Å². The third kappa shape index (κ3) is 3.87. The SMILES string of the molecule is C1=[N+](c2ccccc2)CSc2c1cccc2[Si](c1ccccc1)(c1ccccc1)c1ccccc1. The highest BCUT2D eigenvalue weighted by Crippen LogP contribution is 2.29. The largest absolute Gasteiger partial charge is 0.205 e.